The lowest BCUT2D eigenvalue weighted by atomic mass is 10.0. The van der Waals surface area contributed by atoms with Gasteiger partial charge in [0.2, 0.25) is 0 Å². The molecule has 0 amide bonds. The second kappa shape index (κ2) is 5.85. The van der Waals surface area contributed by atoms with Gasteiger partial charge in [-0.3, -0.25) is 4.79 Å². The van der Waals surface area contributed by atoms with Gasteiger partial charge in [0.15, 0.2) is 0 Å². The Kier molecular flexibility index (Phi) is 4.35. The summed E-state index contributed by atoms with van der Waals surface area (Å²) in [5.41, 5.74) is 8.17. The fourth-order valence-corrected chi connectivity index (χ4v) is 2.59. The molecule has 0 spiro atoms. The van der Waals surface area contributed by atoms with Crippen molar-refractivity contribution in [2.75, 3.05) is 5.73 Å². The Morgan fingerprint density at radius 1 is 1.25 bits per heavy atom. The smallest absolute Gasteiger partial charge is 0.267 e. The van der Waals surface area contributed by atoms with Crippen LogP contribution in [-0.4, -0.2) is 10.2 Å². The predicted molar refractivity (Wildman–Crippen MR) is 82.6 cm³/mol. The lowest BCUT2D eigenvalue weighted by Crippen LogP contribution is -2.17. The Morgan fingerprint density at radius 3 is 2.40 bits per heavy atom. The van der Waals surface area contributed by atoms with E-state index in [4.69, 9.17) is 28.9 Å². The first-order valence-electron chi connectivity index (χ1n) is 6.20. The van der Waals surface area contributed by atoms with E-state index in [1.807, 2.05) is 13.8 Å². The molecule has 0 saturated carbocycles. The summed E-state index contributed by atoms with van der Waals surface area (Å²) in [4.78, 5) is 11.7. The van der Waals surface area contributed by atoms with Crippen LogP contribution in [0, 0.1) is 0 Å². The third-order valence-corrected chi connectivity index (χ3v) is 3.70. The number of benzene rings is 1. The maximum absolute atomic E-state index is 11.7. The molecule has 0 bridgehead atoms. The maximum Gasteiger partial charge on any atom is 0.267 e. The van der Waals surface area contributed by atoms with E-state index in [0.717, 1.165) is 5.56 Å². The Morgan fingerprint density at radius 2 is 1.85 bits per heavy atom. The van der Waals surface area contributed by atoms with Crippen molar-refractivity contribution in [2.24, 2.45) is 0 Å². The predicted octanol–water partition coefficient (Wildman–Crippen LogP) is 3.37. The molecule has 0 aliphatic rings. The number of anilines is 1. The lowest BCUT2D eigenvalue weighted by Gasteiger charge is -2.09. The van der Waals surface area contributed by atoms with Crippen LogP contribution in [0.2, 0.25) is 10.0 Å². The van der Waals surface area contributed by atoms with Crippen molar-refractivity contribution < 1.29 is 0 Å². The molecule has 4 nitrogen and oxygen atoms in total. The molecule has 0 atom stereocenters. The quantitative estimate of drug-likeness (QED) is 0.854. The van der Waals surface area contributed by atoms with Gasteiger partial charge in [0.1, 0.15) is 0 Å². The van der Waals surface area contributed by atoms with Gasteiger partial charge in [-0.25, -0.2) is 5.10 Å². The van der Waals surface area contributed by atoms with Crippen molar-refractivity contribution in [3.8, 4) is 0 Å². The first-order chi connectivity index (χ1) is 9.38. The van der Waals surface area contributed by atoms with Crippen molar-refractivity contribution in [2.45, 2.75) is 26.2 Å². The Bertz CT molecular complexity index is 672. The van der Waals surface area contributed by atoms with Crippen LogP contribution < -0.4 is 11.3 Å². The van der Waals surface area contributed by atoms with Crippen molar-refractivity contribution >= 4 is 28.9 Å². The maximum atomic E-state index is 11.7. The van der Waals surface area contributed by atoms with Gasteiger partial charge in [-0.15, -0.1) is 0 Å². The molecular weight excluding hydrogens is 297 g/mol. The molecule has 0 unspecified atom stereocenters. The highest BCUT2D eigenvalue weighted by molar-refractivity contribution is 6.36. The van der Waals surface area contributed by atoms with Crippen LogP contribution in [0.15, 0.2) is 23.0 Å². The Balaban J connectivity index is 2.41. The lowest BCUT2D eigenvalue weighted by molar-refractivity contribution is 0.801. The minimum absolute atomic E-state index is 0.123. The van der Waals surface area contributed by atoms with E-state index in [1.165, 1.54) is 0 Å². The van der Waals surface area contributed by atoms with Crippen LogP contribution in [0.1, 0.15) is 36.6 Å². The molecule has 6 heteroatoms. The van der Waals surface area contributed by atoms with Gasteiger partial charge in [-0.05, 0) is 29.7 Å². The van der Waals surface area contributed by atoms with Crippen molar-refractivity contribution in [3.63, 3.8) is 0 Å². The van der Waals surface area contributed by atoms with E-state index in [2.05, 4.69) is 10.2 Å². The third kappa shape index (κ3) is 3.14. The van der Waals surface area contributed by atoms with Crippen molar-refractivity contribution in [3.05, 3.63) is 55.4 Å². The molecule has 0 radical (unpaired) electrons. The summed E-state index contributed by atoms with van der Waals surface area (Å²) in [5, 5.41) is 7.53. The topological polar surface area (TPSA) is 71.8 Å². The number of nitrogen functional groups attached to an aromatic ring is 1. The summed E-state index contributed by atoms with van der Waals surface area (Å²) < 4.78 is 0. The number of nitrogens with zero attached hydrogens (tertiary/aromatic N) is 1. The van der Waals surface area contributed by atoms with E-state index in [1.54, 1.807) is 18.2 Å². The molecule has 0 aliphatic carbocycles. The van der Waals surface area contributed by atoms with Gasteiger partial charge in [0.05, 0.1) is 5.69 Å². The van der Waals surface area contributed by atoms with E-state index in [-0.39, 0.29) is 11.5 Å². The monoisotopic (exact) mass is 311 g/mol. The molecule has 3 N–H and O–H groups in total. The fraction of sp³-hybridized carbons (Fsp3) is 0.286. The van der Waals surface area contributed by atoms with Crippen LogP contribution in [0.5, 0.6) is 0 Å². The highest BCUT2D eigenvalue weighted by Gasteiger charge is 2.12. The number of halogens is 2. The number of nitrogens with one attached hydrogen (secondary N) is 1. The summed E-state index contributed by atoms with van der Waals surface area (Å²) in [6.45, 7) is 3.91. The highest BCUT2D eigenvalue weighted by Crippen LogP contribution is 2.29. The zero-order chi connectivity index (χ0) is 14.9. The molecule has 0 fully saturated rings. The third-order valence-electron chi connectivity index (χ3n) is 3.03. The molecule has 2 aromatic rings. The summed E-state index contributed by atoms with van der Waals surface area (Å²) in [7, 11) is 0. The van der Waals surface area contributed by atoms with E-state index < -0.39 is 0 Å². The zero-order valence-corrected chi connectivity index (χ0v) is 12.7. The molecule has 20 heavy (non-hydrogen) atoms. The molecule has 1 heterocycles. The van der Waals surface area contributed by atoms with Gasteiger partial charge < -0.3 is 5.73 Å². The summed E-state index contributed by atoms with van der Waals surface area (Å²) >= 11 is 12.3. The SMILES string of the molecule is CC(C)c1cc(Cc2c(Cl)cc(N)cc2Cl)n[nH]c1=O. The van der Waals surface area contributed by atoms with E-state index in [0.29, 0.717) is 33.4 Å². The van der Waals surface area contributed by atoms with Crippen LogP contribution >= 0.6 is 23.2 Å². The Labute approximate surface area is 126 Å². The minimum atomic E-state index is -0.168. The van der Waals surface area contributed by atoms with Gasteiger partial charge in [0, 0.05) is 27.7 Å². The largest absolute Gasteiger partial charge is 0.399 e. The average Bonchev–Trinajstić information content (AvgIpc) is 2.35. The van der Waals surface area contributed by atoms with Crippen molar-refractivity contribution in [1.82, 2.24) is 10.2 Å². The number of nitrogens with two attached hydrogens (primary N) is 1. The van der Waals surface area contributed by atoms with Crippen LogP contribution in [0.4, 0.5) is 5.69 Å². The number of aromatic nitrogens is 2. The Hall–Kier alpha value is -1.52. The van der Waals surface area contributed by atoms with Gasteiger partial charge in [-0.2, -0.15) is 5.10 Å². The normalized spacial score (nSPS) is 11.1. The van der Waals surface area contributed by atoms with Gasteiger partial charge in [-0.1, -0.05) is 37.0 Å². The molecular formula is C14H15Cl2N3O. The summed E-state index contributed by atoms with van der Waals surface area (Å²) in [6.07, 6.45) is 0.439. The second-order valence-electron chi connectivity index (χ2n) is 4.94. The van der Waals surface area contributed by atoms with Crippen LogP contribution in [0.25, 0.3) is 0 Å². The molecule has 1 aromatic heterocycles. The molecule has 2 rings (SSSR count). The number of H-pyrrole nitrogens is 1. The summed E-state index contributed by atoms with van der Waals surface area (Å²) in [6, 6.07) is 5.09. The summed E-state index contributed by atoms with van der Waals surface area (Å²) in [5.74, 6) is 0.123. The standard InChI is InChI=1S/C14H15Cl2N3O/c1-7(2)10-5-9(18-19-14(10)20)6-11-12(15)3-8(17)4-13(11)16/h3-5,7H,6,17H2,1-2H3,(H,19,20). The van der Waals surface area contributed by atoms with Crippen LogP contribution in [0.3, 0.4) is 0 Å². The molecule has 0 saturated heterocycles. The average molecular weight is 312 g/mol. The van der Waals surface area contributed by atoms with E-state index >= 15 is 0 Å². The van der Waals surface area contributed by atoms with Crippen LogP contribution in [-0.2, 0) is 6.42 Å². The van der Waals surface area contributed by atoms with E-state index in [9.17, 15) is 4.79 Å². The minimum Gasteiger partial charge on any atom is -0.399 e. The first kappa shape index (κ1) is 14.9. The molecule has 106 valence electrons. The van der Waals surface area contributed by atoms with Crippen molar-refractivity contribution in [1.29, 1.82) is 0 Å². The molecule has 0 aliphatic heterocycles. The number of hydrogen-bond acceptors (Lipinski definition) is 3. The second-order valence-corrected chi connectivity index (χ2v) is 5.75. The van der Waals surface area contributed by atoms with Gasteiger partial charge in [0.25, 0.3) is 5.56 Å². The number of aromatic amines is 1. The first-order valence-corrected chi connectivity index (χ1v) is 6.96. The number of hydrogen-bond donors (Lipinski definition) is 2. The zero-order valence-electron chi connectivity index (χ0n) is 11.2. The van der Waals surface area contributed by atoms with Gasteiger partial charge >= 0.3 is 0 Å². The fourth-order valence-electron chi connectivity index (χ4n) is 1.96. The number of rotatable bonds is 3. The highest BCUT2D eigenvalue weighted by atomic mass is 35.5. The molecule has 1 aromatic carbocycles.